The zero-order valence-corrected chi connectivity index (χ0v) is 23.4. The molecule has 3 aromatic rings. The summed E-state index contributed by atoms with van der Waals surface area (Å²) in [5.74, 6) is 2.02. The van der Waals surface area contributed by atoms with E-state index in [0.29, 0.717) is 35.7 Å². The Morgan fingerprint density at radius 3 is 2.43 bits per heavy atom. The number of nitrogen functional groups attached to an aromatic ring is 1. The Morgan fingerprint density at radius 1 is 1.19 bits per heavy atom. The van der Waals surface area contributed by atoms with Gasteiger partial charge in [0.25, 0.3) is 5.65 Å². The molecule has 10 nitrogen and oxygen atoms in total. The van der Waals surface area contributed by atoms with Crippen LogP contribution >= 0.6 is 0 Å². The highest BCUT2D eigenvalue weighted by molar-refractivity contribution is 5.96. The van der Waals surface area contributed by atoms with Crippen molar-refractivity contribution < 1.29 is 24.1 Å². The molecule has 3 N–H and O–H groups in total. The number of anilines is 2. The molecule has 0 fully saturated rings. The molecule has 202 valence electrons. The number of ketones is 1. The van der Waals surface area contributed by atoms with Crippen molar-refractivity contribution in [2.75, 3.05) is 44.0 Å². The minimum Gasteiger partial charge on any atom is -0.493 e. The number of nitrogens with zero attached hydrogens (tertiary/aromatic N) is 5. The second-order valence-corrected chi connectivity index (χ2v) is 10.2. The van der Waals surface area contributed by atoms with Gasteiger partial charge in [-0.3, -0.25) is 10.5 Å². The van der Waals surface area contributed by atoms with Gasteiger partial charge in [-0.1, -0.05) is 35.5 Å². The average Bonchev–Trinajstić information content (AvgIpc) is 3.17. The zero-order chi connectivity index (χ0) is 27.5. The third kappa shape index (κ3) is 5.64. The minimum atomic E-state index is -0.300. The number of aliphatic hydroxyl groups excluding tert-OH is 1. The Balaban J connectivity index is 2.05. The molecule has 10 heteroatoms. The van der Waals surface area contributed by atoms with E-state index in [-0.39, 0.29) is 30.3 Å². The summed E-state index contributed by atoms with van der Waals surface area (Å²) in [7, 11) is 1.59. The van der Waals surface area contributed by atoms with Crippen LogP contribution in [0.3, 0.4) is 0 Å². The van der Waals surface area contributed by atoms with Gasteiger partial charge in [-0.25, -0.2) is 0 Å². The molecule has 0 atom stereocenters. The van der Waals surface area contributed by atoms with Crippen molar-refractivity contribution in [1.82, 2.24) is 14.7 Å². The van der Waals surface area contributed by atoms with Gasteiger partial charge in [0.2, 0.25) is 0 Å². The number of benzene rings is 1. The molecule has 0 aliphatic rings. The van der Waals surface area contributed by atoms with Gasteiger partial charge in [0.1, 0.15) is 0 Å². The quantitative estimate of drug-likeness (QED) is 0.228. The number of hydrogen-bond acceptors (Lipinski definition) is 8. The van der Waals surface area contributed by atoms with E-state index in [9.17, 15) is 4.79 Å². The summed E-state index contributed by atoms with van der Waals surface area (Å²) in [5, 5.41) is 18.6. The lowest BCUT2D eigenvalue weighted by Crippen LogP contribution is -2.42. The first-order chi connectivity index (χ1) is 17.5. The Labute approximate surface area is 219 Å². The van der Waals surface area contributed by atoms with E-state index in [4.69, 9.17) is 25.4 Å². The Hall–Kier alpha value is -3.40. The molecule has 0 aliphatic carbocycles. The summed E-state index contributed by atoms with van der Waals surface area (Å²) in [6, 6.07) is 3.53. The zero-order valence-electron chi connectivity index (χ0n) is 23.4. The molecule has 37 heavy (non-hydrogen) atoms. The van der Waals surface area contributed by atoms with E-state index < -0.39 is 0 Å². The monoisotopic (exact) mass is 513 g/mol. The van der Waals surface area contributed by atoms with Gasteiger partial charge in [0.05, 0.1) is 13.7 Å². The van der Waals surface area contributed by atoms with E-state index in [2.05, 4.69) is 44.6 Å². The smallest absolute Gasteiger partial charge is 0.401 e. The van der Waals surface area contributed by atoms with Crippen molar-refractivity contribution in [3.05, 3.63) is 34.4 Å². The predicted octanol–water partition coefficient (Wildman–Crippen LogP) is 3.01. The fraction of sp³-hybridized carbons (Fsp3) is 0.556. The topological polar surface area (TPSA) is 119 Å². The van der Waals surface area contributed by atoms with Gasteiger partial charge in [-0.2, -0.15) is 0 Å². The highest BCUT2D eigenvalue weighted by atomic mass is 16.5. The molecule has 1 aromatic carbocycles. The summed E-state index contributed by atoms with van der Waals surface area (Å²) in [6.45, 7) is 16.2. The highest BCUT2D eigenvalue weighted by Crippen LogP contribution is 2.40. The average molecular weight is 514 g/mol. The molecule has 0 saturated carbocycles. The molecule has 0 saturated heterocycles. The Bertz CT molecular complexity index is 1270. The number of carbonyl (C=O) groups is 1. The molecule has 3 rings (SSSR count). The highest BCUT2D eigenvalue weighted by Gasteiger charge is 2.28. The van der Waals surface area contributed by atoms with Crippen LogP contribution in [0, 0.1) is 13.8 Å². The number of aryl methyl sites for hydroxylation is 1. The van der Waals surface area contributed by atoms with E-state index in [0.717, 1.165) is 35.6 Å². The van der Waals surface area contributed by atoms with Gasteiger partial charge >= 0.3 is 5.95 Å². The second kappa shape index (κ2) is 11.3. The van der Waals surface area contributed by atoms with Crippen molar-refractivity contribution in [3.63, 3.8) is 0 Å². The third-order valence-corrected chi connectivity index (χ3v) is 6.63. The van der Waals surface area contributed by atoms with Crippen molar-refractivity contribution in [1.29, 1.82) is 0 Å². The first kappa shape index (κ1) is 28.2. The number of methoxy groups -OCH3 is 1. The maximum atomic E-state index is 13.5. The normalized spacial score (nSPS) is 11.7. The van der Waals surface area contributed by atoms with E-state index in [1.807, 2.05) is 19.9 Å². The summed E-state index contributed by atoms with van der Waals surface area (Å²) >= 11 is 0. The van der Waals surface area contributed by atoms with Crippen LogP contribution in [0.5, 0.6) is 11.5 Å². The van der Waals surface area contributed by atoms with Crippen molar-refractivity contribution in [2.45, 2.75) is 66.8 Å². The lowest BCUT2D eigenvalue weighted by Gasteiger charge is -2.25. The van der Waals surface area contributed by atoms with E-state index >= 15 is 0 Å². The standard InChI is InChI=1S/C27H40N6O4/c1-9-31(10-2)24-17(3)18(4)25-29-32(26(28)33(25)30-24)16-21(35)19-14-20(27(5,6)7)23(36-8)22(15-19)37-13-11-12-34/h14-15,28,34H,9-13,16H2,1-8H3/p+1. The number of nitrogens with two attached hydrogens (primary N) is 1. The largest absolute Gasteiger partial charge is 0.493 e. The second-order valence-electron chi connectivity index (χ2n) is 10.2. The summed E-state index contributed by atoms with van der Waals surface area (Å²) in [5.41, 5.74) is 10.1. The number of aliphatic hydroxyl groups is 1. The first-order valence-corrected chi connectivity index (χ1v) is 12.8. The summed E-state index contributed by atoms with van der Waals surface area (Å²) < 4.78 is 14.7. The molecular formula is C27H41N6O4+. The molecule has 2 aromatic heterocycles. The number of rotatable bonds is 11. The lowest BCUT2D eigenvalue weighted by molar-refractivity contribution is -0.723. The number of hydrogen-bond donors (Lipinski definition) is 2. The molecular weight excluding hydrogens is 472 g/mol. The number of fused-ring (bicyclic) bond motifs is 1. The molecule has 0 bridgehead atoms. The molecule has 0 spiro atoms. The minimum absolute atomic E-state index is 0.0137. The molecule has 0 radical (unpaired) electrons. The number of aromatic nitrogens is 4. The van der Waals surface area contributed by atoms with Crippen LogP contribution in [-0.2, 0) is 12.0 Å². The fourth-order valence-corrected chi connectivity index (χ4v) is 4.32. The molecule has 2 heterocycles. The maximum absolute atomic E-state index is 13.5. The Morgan fingerprint density at radius 2 is 1.86 bits per heavy atom. The fourth-order valence-electron chi connectivity index (χ4n) is 4.32. The Kier molecular flexibility index (Phi) is 8.63. The van der Waals surface area contributed by atoms with Gasteiger partial charge in [-0.15, -0.1) is 4.68 Å². The number of carbonyl (C=O) groups excluding carboxylic acids is 1. The van der Waals surface area contributed by atoms with Crippen molar-refractivity contribution >= 4 is 23.2 Å². The van der Waals surface area contributed by atoms with Crippen LogP contribution in [0.25, 0.3) is 5.65 Å². The van der Waals surface area contributed by atoms with Gasteiger partial charge in [-0.05, 0) is 45.2 Å². The van der Waals surface area contributed by atoms with E-state index in [1.165, 1.54) is 4.68 Å². The lowest BCUT2D eigenvalue weighted by atomic mass is 9.84. The first-order valence-electron chi connectivity index (χ1n) is 12.8. The molecule has 0 amide bonds. The van der Waals surface area contributed by atoms with E-state index in [1.54, 1.807) is 17.7 Å². The van der Waals surface area contributed by atoms with Gasteiger partial charge in [0, 0.05) is 48.4 Å². The summed E-state index contributed by atoms with van der Waals surface area (Å²) in [4.78, 5) is 15.7. The van der Waals surface area contributed by atoms with Gasteiger partial charge < -0.3 is 19.5 Å². The number of ether oxygens (including phenoxy) is 2. The van der Waals surface area contributed by atoms with Crippen LogP contribution in [0.1, 0.15) is 68.1 Å². The van der Waals surface area contributed by atoms with Crippen molar-refractivity contribution in [2.24, 2.45) is 0 Å². The molecule has 0 unspecified atom stereocenters. The maximum Gasteiger partial charge on any atom is 0.401 e. The summed E-state index contributed by atoms with van der Waals surface area (Å²) in [6.07, 6.45) is 0.473. The van der Waals surface area contributed by atoms with Crippen molar-refractivity contribution in [3.8, 4) is 11.5 Å². The third-order valence-electron chi connectivity index (χ3n) is 6.63. The number of Topliss-reactive ketones (excluding diaryl/α,β-unsaturated/α-hetero) is 1. The van der Waals surface area contributed by atoms with Crippen LogP contribution in [-0.4, -0.2) is 59.0 Å². The van der Waals surface area contributed by atoms with Gasteiger partial charge in [0.15, 0.2) is 29.6 Å². The van der Waals surface area contributed by atoms with Crippen LogP contribution in [0.4, 0.5) is 11.8 Å². The SMILES string of the molecule is CCN(CC)c1nn2c(N)[n+](CC(=O)c3cc(OCCCO)c(OC)c(C(C)(C)C)c3)nc2c(C)c1C. The van der Waals surface area contributed by atoms with Crippen LogP contribution in [0.2, 0.25) is 0 Å². The van der Waals surface area contributed by atoms with Crippen LogP contribution in [0.15, 0.2) is 12.1 Å². The molecule has 0 aliphatic heterocycles. The van der Waals surface area contributed by atoms with Crippen LogP contribution < -0.4 is 24.8 Å². The predicted molar refractivity (Wildman–Crippen MR) is 144 cm³/mol.